The minimum atomic E-state index is -4.75. The molecule has 1 aliphatic heterocycles. The van der Waals surface area contributed by atoms with Gasteiger partial charge in [0, 0.05) is 0 Å². The topological polar surface area (TPSA) is 185 Å². The predicted octanol–water partition coefficient (Wildman–Crippen LogP) is 8.54. The molecule has 2 aliphatic rings. The molecule has 59 heavy (non-hydrogen) atoms. The number of cyclic esters (lactones) is 1. The first-order valence-corrected chi connectivity index (χ1v) is 20.3. The zero-order chi connectivity index (χ0) is 43.2. The lowest BCUT2D eigenvalue weighted by molar-refractivity contribution is -0.148. The number of benzene rings is 2. The molecule has 1 heterocycles. The summed E-state index contributed by atoms with van der Waals surface area (Å²) < 4.78 is 47.0. The number of carbonyl (C=O) groups excluding carboxylic acids is 4. The number of hydrogen-bond donors (Lipinski definition) is 1. The number of carbonyl (C=O) groups is 4. The number of rotatable bonds is 18. The minimum absolute atomic E-state index is 0.0622. The zero-order valence-corrected chi connectivity index (χ0v) is 34.7. The van der Waals surface area contributed by atoms with Crippen molar-refractivity contribution in [3.8, 4) is 6.07 Å². The van der Waals surface area contributed by atoms with E-state index in [1.807, 2.05) is 89.3 Å². The number of phosphoric acid groups is 1. The number of nitriles is 1. The summed E-state index contributed by atoms with van der Waals surface area (Å²) in [4.78, 5) is 52.9. The Labute approximate surface area is 344 Å². The molecule has 0 saturated heterocycles. The molecule has 0 saturated carbocycles. The largest absolute Gasteiger partial charge is 0.475 e. The van der Waals surface area contributed by atoms with E-state index in [0.717, 1.165) is 16.7 Å². The summed E-state index contributed by atoms with van der Waals surface area (Å²) in [6.07, 6.45) is 10.3. The molecule has 1 N–H and O–H groups in total. The van der Waals surface area contributed by atoms with Gasteiger partial charge in [0.25, 0.3) is 5.76 Å². The molecule has 0 bridgehead atoms. The van der Waals surface area contributed by atoms with E-state index in [-0.39, 0.29) is 24.0 Å². The molecule has 0 amide bonds. The second-order valence-corrected chi connectivity index (χ2v) is 15.8. The summed E-state index contributed by atoms with van der Waals surface area (Å²) in [5.74, 6) is -5.11. The Kier molecular flexibility index (Phi) is 16.6. The lowest BCUT2D eigenvalue weighted by Gasteiger charge is -2.37. The smallest absolute Gasteiger partial charge is 0.445 e. The normalized spacial score (nSPS) is 20.2. The Morgan fingerprint density at radius 2 is 1.54 bits per heavy atom. The minimum Gasteiger partial charge on any atom is -0.445 e. The maximum atomic E-state index is 14.2. The van der Waals surface area contributed by atoms with E-state index in [1.165, 1.54) is 24.3 Å². The van der Waals surface area contributed by atoms with Crippen LogP contribution in [0.25, 0.3) is 0 Å². The van der Waals surface area contributed by atoms with Gasteiger partial charge in [0.15, 0.2) is 11.9 Å². The lowest BCUT2D eigenvalue weighted by atomic mass is 9.71. The molecule has 2 aromatic rings. The fourth-order valence-corrected chi connectivity index (χ4v) is 7.31. The van der Waals surface area contributed by atoms with Crippen LogP contribution in [0.3, 0.4) is 0 Å². The Morgan fingerprint density at radius 3 is 2.15 bits per heavy atom. The summed E-state index contributed by atoms with van der Waals surface area (Å²) in [5.41, 5.74) is 2.59. The highest BCUT2D eigenvalue weighted by molar-refractivity contribution is 7.48. The van der Waals surface area contributed by atoms with E-state index in [1.54, 1.807) is 43.3 Å². The number of hydrogen-bond acceptors (Lipinski definition) is 13. The monoisotopic (exact) mass is 825 g/mol. The number of esters is 3. The van der Waals surface area contributed by atoms with Crippen LogP contribution < -0.4 is 0 Å². The standard InChI is InChI=1S/C45H48NO12P/c1-7-8-17-30(2)18-15-19-31(3)24-25-35-32(4)38(48)37(28-45(35,5)6)58-59(52,53-27-16-26-46)54-29-36(47)39-40(56-42(49)33-20-11-9-12-21-33)41(44(51)55-39)57-43(50)34-22-13-10-14-23-34/h7-15,17-25,36-37,39,47H,16,27-29H2,1-6H3/t36-,37?,39+,59?/m0/s1. The van der Waals surface area contributed by atoms with E-state index in [2.05, 4.69) is 0 Å². The average Bonchev–Trinajstić information content (AvgIpc) is 3.51. The average molecular weight is 826 g/mol. The molecule has 0 fully saturated rings. The van der Waals surface area contributed by atoms with Gasteiger partial charge < -0.3 is 19.3 Å². The van der Waals surface area contributed by atoms with Gasteiger partial charge in [0.05, 0.1) is 36.8 Å². The molecule has 2 unspecified atom stereocenters. The van der Waals surface area contributed by atoms with E-state index >= 15 is 0 Å². The maximum Gasteiger partial charge on any atom is 0.475 e. The summed E-state index contributed by atoms with van der Waals surface area (Å²) in [7, 11) is -4.75. The van der Waals surface area contributed by atoms with Crippen LogP contribution in [0.15, 0.2) is 143 Å². The molecule has 1 aliphatic carbocycles. The van der Waals surface area contributed by atoms with Gasteiger partial charge in [-0.05, 0) is 74.9 Å². The van der Waals surface area contributed by atoms with Gasteiger partial charge in [0.1, 0.15) is 12.2 Å². The van der Waals surface area contributed by atoms with Crippen LogP contribution in [-0.2, 0) is 41.9 Å². The van der Waals surface area contributed by atoms with Gasteiger partial charge in [0.2, 0.25) is 5.76 Å². The van der Waals surface area contributed by atoms with E-state index in [0.29, 0.717) is 5.57 Å². The van der Waals surface area contributed by atoms with Crippen LogP contribution in [0.5, 0.6) is 0 Å². The predicted molar refractivity (Wildman–Crippen MR) is 218 cm³/mol. The summed E-state index contributed by atoms with van der Waals surface area (Å²) in [6, 6.07) is 17.2. The van der Waals surface area contributed by atoms with Crippen LogP contribution in [0.1, 0.15) is 75.1 Å². The number of aliphatic hydroxyl groups is 1. The number of nitrogens with zero attached hydrogens (tertiary/aromatic N) is 1. The number of Topliss-reactive ketones (excluding diaryl/α,β-unsaturated/α-hetero) is 1. The van der Waals surface area contributed by atoms with Gasteiger partial charge >= 0.3 is 25.7 Å². The highest BCUT2D eigenvalue weighted by atomic mass is 31.2. The third-order valence-electron chi connectivity index (χ3n) is 9.06. The maximum absolute atomic E-state index is 14.2. The molecule has 13 nitrogen and oxygen atoms in total. The van der Waals surface area contributed by atoms with Gasteiger partial charge in [-0.2, -0.15) is 5.26 Å². The zero-order valence-electron chi connectivity index (χ0n) is 33.8. The first-order chi connectivity index (χ1) is 28.1. The highest BCUT2D eigenvalue weighted by Gasteiger charge is 2.47. The third-order valence-corrected chi connectivity index (χ3v) is 10.5. The number of ether oxygens (including phenoxy) is 3. The molecular formula is C45H48NO12P. The molecule has 2 aromatic carbocycles. The number of phosphoric ester groups is 1. The summed E-state index contributed by atoms with van der Waals surface area (Å²) >= 11 is 0. The van der Waals surface area contributed by atoms with Crippen molar-refractivity contribution in [2.75, 3.05) is 13.2 Å². The lowest BCUT2D eigenvalue weighted by Crippen LogP contribution is -2.38. The molecule has 0 radical (unpaired) electrons. The van der Waals surface area contributed by atoms with E-state index in [4.69, 9.17) is 33.0 Å². The molecular weight excluding hydrogens is 777 g/mol. The van der Waals surface area contributed by atoms with Gasteiger partial charge in [-0.15, -0.1) is 0 Å². The molecule has 0 spiro atoms. The number of aliphatic hydroxyl groups excluding tert-OH is 1. The third kappa shape index (κ3) is 12.9. The number of allylic oxidation sites excluding steroid dienone is 11. The highest BCUT2D eigenvalue weighted by Crippen LogP contribution is 2.54. The van der Waals surface area contributed by atoms with Crippen molar-refractivity contribution in [1.29, 1.82) is 5.26 Å². The second-order valence-electron chi connectivity index (χ2n) is 14.2. The van der Waals surface area contributed by atoms with Crippen LogP contribution in [0.2, 0.25) is 0 Å². The van der Waals surface area contributed by atoms with Crippen molar-refractivity contribution in [3.63, 3.8) is 0 Å². The van der Waals surface area contributed by atoms with Gasteiger partial charge in [-0.3, -0.25) is 18.4 Å². The van der Waals surface area contributed by atoms with Crippen molar-refractivity contribution < 1.29 is 56.6 Å². The van der Waals surface area contributed by atoms with E-state index in [9.17, 15) is 28.8 Å². The molecule has 4 rings (SSSR count). The number of ketones is 1. The van der Waals surface area contributed by atoms with Crippen molar-refractivity contribution in [2.45, 2.75) is 72.7 Å². The SMILES string of the molecule is CC=CC=C(C)C=CC=C(C)C=CC1=C(C)C(=O)C(OP(=O)(OCCC#N)OC[C@H](O)[C@H]2OC(=O)C(OC(=O)c3ccccc3)=C2OC(=O)c2ccccc2)CC1(C)C. The second kappa shape index (κ2) is 21.3. The van der Waals surface area contributed by atoms with Crippen molar-refractivity contribution in [2.24, 2.45) is 5.41 Å². The van der Waals surface area contributed by atoms with Crippen LogP contribution in [0, 0.1) is 16.7 Å². The van der Waals surface area contributed by atoms with Gasteiger partial charge in [-0.25, -0.2) is 18.9 Å². The summed E-state index contributed by atoms with van der Waals surface area (Å²) in [6.45, 7) is 9.98. The summed E-state index contributed by atoms with van der Waals surface area (Å²) in [5, 5.41) is 20.4. The van der Waals surface area contributed by atoms with Crippen molar-refractivity contribution in [1.82, 2.24) is 0 Å². The van der Waals surface area contributed by atoms with Gasteiger partial charge in [-0.1, -0.05) is 110 Å². The Bertz CT molecular complexity index is 2190. The Hall–Kier alpha value is -5.74. The fourth-order valence-electron chi connectivity index (χ4n) is 5.98. The fraction of sp³-hybridized carbons (Fsp3) is 0.311. The molecule has 4 atom stereocenters. The first kappa shape index (κ1) is 46.0. The van der Waals surface area contributed by atoms with Crippen LogP contribution in [-0.4, -0.2) is 60.3 Å². The molecule has 310 valence electrons. The van der Waals surface area contributed by atoms with Crippen molar-refractivity contribution in [3.05, 3.63) is 154 Å². The van der Waals surface area contributed by atoms with Crippen molar-refractivity contribution >= 4 is 31.5 Å². The molecule has 0 aromatic heterocycles. The Morgan fingerprint density at radius 1 is 0.949 bits per heavy atom. The first-order valence-electron chi connectivity index (χ1n) is 18.8. The Balaban J connectivity index is 1.56. The molecule has 14 heteroatoms. The van der Waals surface area contributed by atoms with Crippen LogP contribution >= 0.6 is 7.82 Å². The quantitative estimate of drug-likeness (QED) is 0.0496. The van der Waals surface area contributed by atoms with E-state index < -0.39 is 80.0 Å². The van der Waals surface area contributed by atoms with Crippen LogP contribution in [0.4, 0.5) is 0 Å².